The molecule has 2 N–H and O–H groups in total. The predicted molar refractivity (Wildman–Crippen MR) is 101 cm³/mol. The molecule has 0 bridgehead atoms. The molecule has 2 fully saturated rings. The van der Waals surface area contributed by atoms with Crippen LogP contribution in [0.3, 0.4) is 0 Å². The maximum atomic E-state index is 12.6. The van der Waals surface area contributed by atoms with Gasteiger partial charge in [0.15, 0.2) is 0 Å². The number of hydrogen-bond donors (Lipinski definition) is 2. The Morgan fingerprint density at radius 1 is 0.731 bits per heavy atom. The summed E-state index contributed by atoms with van der Waals surface area (Å²) in [5, 5.41) is 0. The van der Waals surface area contributed by atoms with Crippen molar-refractivity contribution in [3.63, 3.8) is 0 Å². The molecule has 0 spiro atoms. The maximum absolute atomic E-state index is 12.6. The molecule has 3 rings (SSSR count). The van der Waals surface area contributed by atoms with Gasteiger partial charge in [-0.2, -0.15) is 0 Å². The second kappa shape index (κ2) is 7.96. The van der Waals surface area contributed by atoms with Crippen molar-refractivity contribution in [3.8, 4) is 0 Å². The molecule has 0 heterocycles. The second-order valence-electron chi connectivity index (χ2n) is 7.56. The van der Waals surface area contributed by atoms with Crippen molar-refractivity contribution in [3.05, 3.63) is 24.3 Å². The largest absolute Gasteiger partial charge is 0.240 e. The molecular formula is C18H28N2O4S2. The van der Waals surface area contributed by atoms with Gasteiger partial charge in [-0.05, 0) is 55.9 Å². The molecule has 2 aliphatic rings. The van der Waals surface area contributed by atoms with Crippen LogP contribution < -0.4 is 9.44 Å². The number of hydrogen-bond acceptors (Lipinski definition) is 4. The molecule has 2 atom stereocenters. The van der Waals surface area contributed by atoms with Crippen molar-refractivity contribution in [1.82, 2.24) is 9.44 Å². The summed E-state index contributed by atoms with van der Waals surface area (Å²) in [5.74, 6) is 0.314. The molecule has 0 amide bonds. The minimum atomic E-state index is -3.64. The lowest BCUT2D eigenvalue weighted by molar-refractivity contribution is 0.310. The fraction of sp³-hybridized carbons (Fsp3) is 0.667. The van der Waals surface area contributed by atoms with Gasteiger partial charge in [0, 0.05) is 12.1 Å². The summed E-state index contributed by atoms with van der Waals surface area (Å²) in [4.78, 5) is 0.212. The minimum Gasteiger partial charge on any atom is -0.208 e. The van der Waals surface area contributed by atoms with Crippen LogP contribution in [0.25, 0.3) is 0 Å². The molecule has 0 aromatic heterocycles. The second-order valence-corrected chi connectivity index (χ2v) is 11.0. The van der Waals surface area contributed by atoms with Gasteiger partial charge in [0.25, 0.3) is 0 Å². The van der Waals surface area contributed by atoms with Crippen LogP contribution >= 0.6 is 0 Å². The van der Waals surface area contributed by atoms with E-state index >= 15 is 0 Å². The van der Waals surface area contributed by atoms with Crippen molar-refractivity contribution >= 4 is 20.0 Å². The number of sulfonamides is 2. The molecule has 26 heavy (non-hydrogen) atoms. The van der Waals surface area contributed by atoms with E-state index in [1.54, 1.807) is 0 Å². The van der Waals surface area contributed by atoms with Gasteiger partial charge in [-0.3, -0.25) is 0 Å². The van der Waals surface area contributed by atoms with Crippen LogP contribution in [-0.2, 0) is 20.0 Å². The SMILES string of the molecule is C[C@@H]1CCCC[C@@H]1NS(=O)(=O)c1ccc(S(=O)(=O)NC2CCCC2)cc1. The highest BCUT2D eigenvalue weighted by Crippen LogP contribution is 2.26. The average Bonchev–Trinajstić information content (AvgIpc) is 3.09. The highest BCUT2D eigenvalue weighted by atomic mass is 32.2. The van der Waals surface area contributed by atoms with Crippen LogP contribution in [-0.4, -0.2) is 28.9 Å². The highest BCUT2D eigenvalue weighted by molar-refractivity contribution is 7.90. The Hall–Kier alpha value is -0.960. The van der Waals surface area contributed by atoms with Gasteiger partial charge in [-0.15, -0.1) is 0 Å². The first kappa shape index (κ1) is 19.8. The Morgan fingerprint density at radius 3 is 1.73 bits per heavy atom. The monoisotopic (exact) mass is 400 g/mol. The van der Waals surface area contributed by atoms with Gasteiger partial charge in [-0.1, -0.05) is 32.6 Å². The Balaban J connectivity index is 1.71. The summed E-state index contributed by atoms with van der Waals surface area (Å²) < 4.78 is 55.6. The maximum Gasteiger partial charge on any atom is 0.240 e. The van der Waals surface area contributed by atoms with Crippen LogP contribution in [0.2, 0.25) is 0 Å². The third-order valence-electron chi connectivity index (χ3n) is 5.54. The molecule has 2 aliphatic carbocycles. The van der Waals surface area contributed by atoms with Crippen LogP contribution in [0.4, 0.5) is 0 Å². The molecule has 146 valence electrons. The number of benzene rings is 1. The molecule has 0 radical (unpaired) electrons. The molecule has 6 nitrogen and oxygen atoms in total. The zero-order valence-electron chi connectivity index (χ0n) is 15.1. The van der Waals surface area contributed by atoms with E-state index in [0.29, 0.717) is 5.92 Å². The third-order valence-corrected chi connectivity index (χ3v) is 8.58. The summed E-state index contributed by atoms with van der Waals surface area (Å²) in [7, 11) is -7.25. The predicted octanol–water partition coefficient (Wildman–Crippen LogP) is 2.76. The van der Waals surface area contributed by atoms with E-state index in [-0.39, 0.29) is 21.9 Å². The lowest BCUT2D eigenvalue weighted by atomic mass is 9.87. The van der Waals surface area contributed by atoms with Crippen LogP contribution in [0.1, 0.15) is 58.3 Å². The van der Waals surface area contributed by atoms with Crippen LogP contribution in [0, 0.1) is 5.92 Å². The zero-order valence-corrected chi connectivity index (χ0v) is 16.8. The Kier molecular flexibility index (Phi) is 6.06. The first-order valence-electron chi connectivity index (χ1n) is 9.43. The van der Waals surface area contributed by atoms with E-state index in [2.05, 4.69) is 16.4 Å². The van der Waals surface area contributed by atoms with Crippen molar-refractivity contribution < 1.29 is 16.8 Å². The molecule has 8 heteroatoms. The molecular weight excluding hydrogens is 372 g/mol. The fourth-order valence-corrected chi connectivity index (χ4v) is 6.57. The van der Waals surface area contributed by atoms with E-state index in [0.717, 1.165) is 51.4 Å². The standard InChI is InChI=1S/C18H28N2O4S2/c1-14-6-2-5-9-18(14)20-26(23,24)17-12-10-16(11-13-17)25(21,22)19-15-7-3-4-8-15/h10-15,18-20H,2-9H2,1H3/t14-,18+/m1/s1. The lowest BCUT2D eigenvalue weighted by Crippen LogP contribution is -2.41. The minimum absolute atomic E-state index is 0.0159. The summed E-state index contributed by atoms with van der Waals surface area (Å²) in [6, 6.07) is 5.42. The Labute approximate surface area is 156 Å². The summed E-state index contributed by atoms with van der Waals surface area (Å²) >= 11 is 0. The first-order valence-corrected chi connectivity index (χ1v) is 12.4. The van der Waals surface area contributed by atoms with Crippen LogP contribution in [0.5, 0.6) is 0 Å². The van der Waals surface area contributed by atoms with Crippen molar-refractivity contribution in [1.29, 1.82) is 0 Å². The molecule has 0 aliphatic heterocycles. The van der Waals surface area contributed by atoms with E-state index in [4.69, 9.17) is 0 Å². The summed E-state index contributed by atoms with van der Waals surface area (Å²) in [5.41, 5.74) is 0. The molecule has 0 unspecified atom stereocenters. The van der Waals surface area contributed by atoms with E-state index in [1.165, 1.54) is 24.3 Å². The number of rotatable bonds is 6. The lowest BCUT2D eigenvalue weighted by Gasteiger charge is -2.29. The van der Waals surface area contributed by atoms with Gasteiger partial charge >= 0.3 is 0 Å². The Bertz CT molecular complexity index is 813. The number of nitrogens with one attached hydrogen (secondary N) is 2. The normalized spacial score (nSPS) is 25.4. The molecule has 0 saturated heterocycles. The molecule has 1 aromatic carbocycles. The van der Waals surface area contributed by atoms with Gasteiger partial charge in [0.2, 0.25) is 20.0 Å². The van der Waals surface area contributed by atoms with Crippen molar-refractivity contribution in [2.24, 2.45) is 5.92 Å². The Morgan fingerprint density at radius 2 is 1.19 bits per heavy atom. The van der Waals surface area contributed by atoms with Gasteiger partial charge in [0.1, 0.15) is 0 Å². The van der Waals surface area contributed by atoms with Gasteiger partial charge in [0.05, 0.1) is 9.79 Å². The molecule has 1 aromatic rings. The average molecular weight is 401 g/mol. The smallest absolute Gasteiger partial charge is 0.208 e. The topological polar surface area (TPSA) is 92.3 Å². The van der Waals surface area contributed by atoms with E-state index in [1.807, 2.05) is 0 Å². The fourth-order valence-electron chi connectivity index (χ4n) is 3.89. The van der Waals surface area contributed by atoms with E-state index in [9.17, 15) is 16.8 Å². The quantitative estimate of drug-likeness (QED) is 0.768. The zero-order chi connectivity index (χ0) is 18.8. The van der Waals surface area contributed by atoms with Gasteiger partial charge < -0.3 is 0 Å². The van der Waals surface area contributed by atoms with Crippen molar-refractivity contribution in [2.75, 3.05) is 0 Å². The highest BCUT2D eigenvalue weighted by Gasteiger charge is 2.27. The van der Waals surface area contributed by atoms with Crippen molar-refractivity contribution in [2.45, 2.75) is 80.2 Å². The van der Waals surface area contributed by atoms with Gasteiger partial charge in [-0.25, -0.2) is 26.3 Å². The first-order chi connectivity index (χ1) is 12.3. The molecule has 2 saturated carbocycles. The summed E-state index contributed by atoms with van der Waals surface area (Å²) in [6.45, 7) is 2.07. The van der Waals surface area contributed by atoms with Crippen LogP contribution in [0.15, 0.2) is 34.1 Å². The summed E-state index contributed by atoms with van der Waals surface area (Å²) in [6.07, 6.45) is 7.83. The third kappa shape index (κ3) is 4.65. The van der Waals surface area contributed by atoms with E-state index < -0.39 is 20.0 Å².